The van der Waals surface area contributed by atoms with Crippen molar-refractivity contribution in [2.24, 2.45) is 0 Å². The summed E-state index contributed by atoms with van der Waals surface area (Å²) < 4.78 is 5.02. The van der Waals surface area contributed by atoms with Crippen LogP contribution in [0.1, 0.15) is 27.8 Å². The van der Waals surface area contributed by atoms with Gasteiger partial charge in [0.15, 0.2) is 12.0 Å². The highest BCUT2D eigenvalue weighted by Crippen LogP contribution is 2.39. The van der Waals surface area contributed by atoms with E-state index in [1.54, 1.807) is 6.07 Å². The van der Waals surface area contributed by atoms with E-state index in [4.69, 9.17) is 27.9 Å². The van der Waals surface area contributed by atoms with Gasteiger partial charge in [-0.05, 0) is 13.0 Å². The number of nitrogens with zero attached hydrogens (tertiary/aromatic N) is 2. The maximum absolute atomic E-state index is 11.0. The minimum Gasteiger partial charge on any atom is -0.479 e. The second-order valence-electron chi connectivity index (χ2n) is 3.81. The molecule has 2 aromatic rings. The maximum atomic E-state index is 11.0. The number of carbonyl (C=O) groups is 1. The smallest absolute Gasteiger partial charge is 0.243 e. The number of halogens is 3. The van der Waals surface area contributed by atoms with Gasteiger partial charge in [0.1, 0.15) is 0 Å². The molecule has 0 saturated carbocycles. The van der Waals surface area contributed by atoms with Gasteiger partial charge in [-0.1, -0.05) is 39.1 Å². The highest BCUT2D eigenvalue weighted by atomic mass is 79.9. The molecule has 0 spiro atoms. The molecule has 7 heteroatoms. The SMILES string of the molecule is COc1nc2cc(Cl)c(Cl)c(C(C)Br)c2nc1C=O. The standard InChI is InChI=1S/C12H9BrCl2N2O2/c1-5(13)9-10(15)6(14)3-7-11(9)16-8(4-18)12(17-7)19-2/h3-5H,1-2H3. The Morgan fingerprint density at radius 3 is 2.63 bits per heavy atom. The van der Waals surface area contributed by atoms with E-state index in [0.29, 0.717) is 32.9 Å². The van der Waals surface area contributed by atoms with E-state index in [2.05, 4.69) is 25.9 Å². The lowest BCUT2D eigenvalue weighted by Gasteiger charge is -2.13. The quantitative estimate of drug-likeness (QED) is 0.605. The van der Waals surface area contributed by atoms with Crippen LogP contribution in [-0.4, -0.2) is 23.4 Å². The average Bonchev–Trinajstić information content (AvgIpc) is 2.38. The van der Waals surface area contributed by atoms with E-state index in [-0.39, 0.29) is 16.4 Å². The molecule has 0 bridgehead atoms. The van der Waals surface area contributed by atoms with Gasteiger partial charge in [-0.2, -0.15) is 0 Å². The molecule has 1 heterocycles. The van der Waals surface area contributed by atoms with Crippen molar-refractivity contribution in [3.05, 3.63) is 27.4 Å². The maximum Gasteiger partial charge on any atom is 0.243 e. The lowest BCUT2D eigenvalue weighted by Crippen LogP contribution is -2.02. The fraction of sp³-hybridized carbons (Fsp3) is 0.250. The highest BCUT2D eigenvalue weighted by Gasteiger charge is 2.19. The Hall–Kier alpha value is -0.910. The zero-order valence-corrected chi connectivity index (χ0v) is 13.2. The Morgan fingerprint density at radius 1 is 1.42 bits per heavy atom. The normalized spacial score (nSPS) is 12.5. The van der Waals surface area contributed by atoms with Gasteiger partial charge in [-0.25, -0.2) is 9.97 Å². The van der Waals surface area contributed by atoms with Crippen molar-refractivity contribution in [1.82, 2.24) is 9.97 Å². The molecule has 0 aliphatic heterocycles. The van der Waals surface area contributed by atoms with Crippen LogP contribution in [0.15, 0.2) is 6.07 Å². The number of ether oxygens (including phenoxy) is 1. The van der Waals surface area contributed by atoms with Gasteiger partial charge in [0.25, 0.3) is 0 Å². The number of rotatable bonds is 3. The van der Waals surface area contributed by atoms with Crippen LogP contribution in [0.4, 0.5) is 0 Å². The molecule has 0 amide bonds. The minimum absolute atomic E-state index is 0.0802. The number of hydrogen-bond acceptors (Lipinski definition) is 4. The van der Waals surface area contributed by atoms with Gasteiger partial charge < -0.3 is 4.74 Å². The third kappa shape index (κ3) is 2.55. The fourth-order valence-electron chi connectivity index (χ4n) is 1.75. The molecule has 2 rings (SSSR count). The third-order valence-corrected chi connectivity index (χ3v) is 3.84. The van der Waals surface area contributed by atoms with Crippen LogP contribution in [0.5, 0.6) is 5.88 Å². The molecule has 4 nitrogen and oxygen atoms in total. The lowest BCUT2D eigenvalue weighted by atomic mass is 10.1. The fourth-order valence-corrected chi connectivity index (χ4v) is 2.84. The number of benzene rings is 1. The van der Waals surface area contributed by atoms with Crippen molar-refractivity contribution in [1.29, 1.82) is 0 Å². The van der Waals surface area contributed by atoms with Gasteiger partial charge >= 0.3 is 0 Å². The number of fused-ring (bicyclic) bond motifs is 1. The molecule has 19 heavy (non-hydrogen) atoms. The number of aldehydes is 1. The molecule has 100 valence electrons. The second kappa shape index (κ2) is 5.61. The third-order valence-electron chi connectivity index (χ3n) is 2.58. The number of alkyl halides is 1. The van der Waals surface area contributed by atoms with Crippen LogP contribution in [0.3, 0.4) is 0 Å². The van der Waals surface area contributed by atoms with Gasteiger partial charge in [-0.3, -0.25) is 4.79 Å². The molecule has 1 unspecified atom stereocenters. The molecule has 0 fully saturated rings. The zero-order valence-electron chi connectivity index (χ0n) is 10.1. The summed E-state index contributed by atoms with van der Waals surface area (Å²) in [6, 6.07) is 1.60. The number of aromatic nitrogens is 2. The van der Waals surface area contributed by atoms with Crippen molar-refractivity contribution >= 4 is 56.5 Å². The van der Waals surface area contributed by atoms with E-state index < -0.39 is 0 Å². The van der Waals surface area contributed by atoms with Crippen molar-refractivity contribution in [3.63, 3.8) is 0 Å². The van der Waals surface area contributed by atoms with Crippen molar-refractivity contribution in [2.45, 2.75) is 11.8 Å². The molecule has 0 aliphatic rings. The van der Waals surface area contributed by atoms with Crippen LogP contribution in [0, 0.1) is 0 Å². The van der Waals surface area contributed by atoms with Crippen molar-refractivity contribution < 1.29 is 9.53 Å². The molecule has 0 saturated heterocycles. The zero-order chi connectivity index (χ0) is 14.2. The predicted molar refractivity (Wildman–Crippen MR) is 78.8 cm³/mol. The van der Waals surface area contributed by atoms with E-state index in [1.807, 2.05) is 6.92 Å². The summed E-state index contributed by atoms with van der Waals surface area (Å²) in [4.78, 5) is 19.4. The summed E-state index contributed by atoms with van der Waals surface area (Å²) >= 11 is 15.7. The van der Waals surface area contributed by atoms with Crippen LogP contribution < -0.4 is 4.74 Å². The Kier molecular flexibility index (Phi) is 4.28. The first-order valence-electron chi connectivity index (χ1n) is 5.32. The number of methoxy groups -OCH3 is 1. The molecule has 0 N–H and O–H groups in total. The van der Waals surface area contributed by atoms with Crippen molar-refractivity contribution in [2.75, 3.05) is 7.11 Å². The molecule has 1 aromatic carbocycles. The summed E-state index contributed by atoms with van der Waals surface area (Å²) in [5.41, 5.74) is 1.88. The van der Waals surface area contributed by atoms with Gasteiger partial charge in [0, 0.05) is 10.4 Å². The number of carbonyl (C=O) groups excluding carboxylic acids is 1. The highest BCUT2D eigenvalue weighted by molar-refractivity contribution is 9.09. The van der Waals surface area contributed by atoms with E-state index in [1.165, 1.54) is 7.11 Å². The van der Waals surface area contributed by atoms with Crippen molar-refractivity contribution in [3.8, 4) is 5.88 Å². The van der Waals surface area contributed by atoms with Crippen LogP contribution in [-0.2, 0) is 0 Å². The lowest BCUT2D eigenvalue weighted by molar-refractivity contribution is 0.111. The molecular weight excluding hydrogens is 355 g/mol. The average molecular weight is 364 g/mol. The topological polar surface area (TPSA) is 52.1 Å². The summed E-state index contributed by atoms with van der Waals surface area (Å²) in [5.74, 6) is 0.161. The van der Waals surface area contributed by atoms with Crippen LogP contribution in [0.25, 0.3) is 11.0 Å². The Balaban J connectivity index is 2.91. The minimum atomic E-state index is -0.0802. The van der Waals surface area contributed by atoms with Gasteiger partial charge in [0.2, 0.25) is 5.88 Å². The molecule has 0 aliphatic carbocycles. The molecule has 1 aromatic heterocycles. The summed E-state index contributed by atoms with van der Waals surface area (Å²) in [5, 5.41) is 0.778. The van der Waals surface area contributed by atoms with E-state index >= 15 is 0 Å². The number of hydrogen-bond donors (Lipinski definition) is 0. The summed E-state index contributed by atoms with van der Waals surface area (Å²) in [6.07, 6.45) is 0.594. The van der Waals surface area contributed by atoms with E-state index in [0.717, 1.165) is 0 Å². The first-order valence-corrected chi connectivity index (χ1v) is 6.99. The van der Waals surface area contributed by atoms with Crippen LogP contribution >= 0.6 is 39.1 Å². The first kappa shape index (κ1) is 14.5. The predicted octanol–water partition coefficient (Wildman–Crippen LogP) is 4.21. The molecule has 1 atom stereocenters. The Labute approximate surface area is 128 Å². The van der Waals surface area contributed by atoms with Gasteiger partial charge in [0.05, 0.1) is 28.2 Å². The summed E-state index contributed by atoms with van der Waals surface area (Å²) in [7, 11) is 1.42. The molecule has 0 radical (unpaired) electrons. The molecular formula is C12H9BrCl2N2O2. The Morgan fingerprint density at radius 2 is 2.11 bits per heavy atom. The van der Waals surface area contributed by atoms with E-state index in [9.17, 15) is 4.79 Å². The first-order chi connectivity index (χ1) is 8.99. The second-order valence-corrected chi connectivity index (χ2v) is 5.96. The Bertz CT molecular complexity index is 662. The largest absolute Gasteiger partial charge is 0.479 e. The summed E-state index contributed by atoms with van der Waals surface area (Å²) in [6.45, 7) is 1.89. The van der Waals surface area contributed by atoms with Crippen LogP contribution in [0.2, 0.25) is 10.0 Å². The monoisotopic (exact) mass is 362 g/mol. The van der Waals surface area contributed by atoms with Gasteiger partial charge in [-0.15, -0.1) is 0 Å².